The first-order valence-corrected chi connectivity index (χ1v) is 5.46. The van der Waals surface area contributed by atoms with Crippen LogP contribution in [0.4, 0.5) is 13.2 Å². The van der Waals surface area contributed by atoms with Crippen LogP contribution in [0.2, 0.25) is 8.67 Å². The minimum Gasteiger partial charge on any atom is -0.169 e. The normalized spacial score (nSPS) is 14.6. The molecular formula is C6H2BrCl2F3S. The maximum atomic E-state index is 12.2. The van der Waals surface area contributed by atoms with Crippen molar-refractivity contribution in [2.75, 3.05) is 0 Å². The molecule has 0 amide bonds. The smallest absolute Gasteiger partial charge is 0.169 e. The highest BCUT2D eigenvalue weighted by atomic mass is 79.9. The average Bonchev–Trinajstić information content (AvgIpc) is 2.26. The van der Waals surface area contributed by atoms with Gasteiger partial charge in [0, 0.05) is 5.56 Å². The molecule has 0 radical (unpaired) electrons. The van der Waals surface area contributed by atoms with E-state index in [1.807, 2.05) is 0 Å². The summed E-state index contributed by atoms with van der Waals surface area (Å²) in [5.41, 5.74) is -0.0378. The summed E-state index contributed by atoms with van der Waals surface area (Å²) in [5, 5.41) is 0. The number of thiophene rings is 1. The Kier molecular flexibility index (Phi) is 3.54. The Bertz CT molecular complexity index is 309. The van der Waals surface area contributed by atoms with E-state index in [0.717, 1.165) is 11.3 Å². The lowest BCUT2D eigenvalue weighted by molar-refractivity contribution is -0.128. The van der Waals surface area contributed by atoms with Gasteiger partial charge in [0.1, 0.15) is 4.83 Å². The van der Waals surface area contributed by atoms with Gasteiger partial charge in [0.05, 0.1) is 8.67 Å². The van der Waals surface area contributed by atoms with Gasteiger partial charge in [0.15, 0.2) is 0 Å². The fourth-order valence-electron chi connectivity index (χ4n) is 0.702. The van der Waals surface area contributed by atoms with Gasteiger partial charge in [-0.25, -0.2) is 0 Å². The number of hydrogen-bond acceptors (Lipinski definition) is 1. The first-order chi connectivity index (χ1) is 5.82. The van der Waals surface area contributed by atoms with Crippen molar-refractivity contribution in [3.8, 4) is 0 Å². The summed E-state index contributed by atoms with van der Waals surface area (Å²) >= 11 is 14.5. The van der Waals surface area contributed by atoms with Gasteiger partial charge >= 0.3 is 6.18 Å². The zero-order valence-corrected chi connectivity index (χ0v) is 9.75. The van der Waals surface area contributed by atoms with Crippen LogP contribution in [-0.2, 0) is 0 Å². The molecular weight excluding hydrogens is 312 g/mol. The van der Waals surface area contributed by atoms with Crippen molar-refractivity contribution in [2.24, 2.45) is 0 Å². The van der Waals surface area contributed by atoms with Crippen LogP contribution in [0.25, 0.3) is 0 Å². The Morgan fingerprint density at radius 1 is 1.38 bits per heavy atom. The summed E-state index contributed by atoms with van der Waals surface area (Å²) in [5.74, 6) is 0. The molecule has 1 aromatic rings. The SMILES string of the molecule is FC(F)(F)C(Br)c1cc(Cl)sc1Cl. The van der Waals surface area contributed by atoms with Crippen LogP contribution in [0.5, 0.6) is 0 Å². The molecule has 0 aliphatic heterocycles. The number of alkyl halides is 4. The van der Waals surface area contributed by atoms with Crippen molar-refractivity contribution in [1.82, 2.24) is 0 Å². The lowest BCUT2D eigenvalue weighted by Gasteiger charge is -2.12. The average molecular weight is 314 g/mol. The lowest BCUT2D eigenvalue weighted by Crippen LogP contribution is -2.14. The molecule has 13 heavy (non-hydrogen) atoms. The maximum absolute atomic E-state index is 12.2. The third kappa shape index (κ3) is 2.75. The van der Waals surface area contributed by atoms with Gasteiger partial charge < -0.3 is 0 Å². The van der Waals surface area contributed by atoms with E-state index in [1.54, 1.807) is 0 Å². The molecule has 1 rings (SSSR count). The van der Waals surface area contributed by atoms with Crippen molar-refractivity contribution in [3.05, 3.63) is 20.3 Å². The fraction of sp³-hybridized carbons (Fsp3) is 0.333. The Labute approximate surface area is 94.8 Å². The van der Waals surface area contributed by atoms with Gasteiger partial charge in [0.25, 0.3) is 0 Å². The second kappa shape index (κ2) is 3.96. The molecule has 0 aliphatic carbocycles. The van der Waals surface area contributed by atoms with Gasteiger partial charge in [-0.1, -0.05) is 39.1 Å². The molecule has 0 spiro atoms. The van der Waals surface area contributed by atoms with Gasteiger partial charge in [0.2, 0.25) is 0 Å². The molecule has 0 aromatic carbocycles. The standard InChI is InChI=1S/C6H2BrCl2F3S/c7-4(6(10,11)12)2-1-3(8)13-5(2)9/h1,4H. The summed E-state index contributed by atoms with van der Waals surface area (Å²) in [7, 11) is 0. The molecule has 7 heteroatoms. The number of hydrogen-bond donors (Lipinski definition) is 0. The van der Waals surface area contributed by atoms with Crippen molar-refractivity contribution >= 4 is 50.5 Å². The molecule has 0 nitrogen and oxygen atoms in total. The quantitative estimate of drug-likeness (QED) is 0.636. The van der Waals surface area contributed by atoms with Crippen LogP contribution in [0, 0.1) is 0 Å². The Morgan fingerprint density at radius 2 is 1.92 bits per heavy atom. The van der Waals surface area contributed by atoms with Crippen molar-refractivity contribution < 1.29 is 13.2 Å². The van der Waals surface area contributed by atoms with Crippen molar-refractivity contribution in [1.29, 1.82) is 0 Å². The minimum absolute atomic E-state index is 0.0378. The summed E-state index contributed by atoms with van der Waals surface area (Å²) in [4.78, 5) is -1.75. The Balaban J connectivity index is 3.01. The fourth-order valence-corrected chi connectivity index (χ4v) is 2.88. The van der Waals surface area contributed by atoms with E-state index in [0.29, 0.717) is 0 Å². The lowest BCUT2D eigenvalue weighted by atomic mass is 10.2. The molecule has 0 aliphatic rings. The molecule has 0 saturated heterocycles. The second-order valence-corrected chi connectivity index (χ2v) is 5.38. The minimum atomic E-state index is -4.35. The van der Waals surface area contributed by atoms with E-state index in [4.69, 9.17) is 23.2 Å². The molecule has 1 unspecified atom stereocenters. The molecule has 0 fully saturated rings. The van der Waals surface area contributed by atoms with Crippen LogP contribution in [-0.4, -0.2) is 6.18 Å². The monoisotopic (exact) mass is 312 g/mol. The molecule has 1 aromatic heterocycles. The zero-order chi connectivity index (χ0) is 10.2. The Hall–Kier alpha value is 0.550. The van der Waals surface area contributed by atoms with Gasteiger partial charge in [-0.2, -0.15) is 13.2 Å². The van der Waals surface area contributed by atoms with E-state index in [9.17, 15) is 13.2 Å². The predicted octanol–water partition coefficient (Wildman–Crippen LogP) is 5.05. The topological polar surface area (TPSA) is 0 Å². The molecule has 1 heterocycles. The summed E-state index contributed by atoms with van der Waals surface area (Å²) in [6.07, 6.45) is -4.35. The first-order valence-electron chi connectivity index (χ1n) is 2.98. The van der Waals surface area contributed by atoms with Crippen LogP contribution < -0.4 is 0 Å². The van der Waals surface area contributed by atoms with Crippen LogP contribution in [0.1, 0.15) is 10.4 Å². The number of halogens is 6. The van der Waals surface area contributed by atoms with Crippen LogP contribution >= 0.6 is 50.5 Å². The zero-order valence-electron chi connectivity index (χ0n) is 5.83. The Morgan fingerprint density at radius 3 is 2.23 bits per heavy atom. The maximum Gasteiger partial charge on any atom is 0.405 e. The van der Waals surface area contributed by atoms with E-state index in [2.05, 4.69) is 15.9 Å². The van der Waals surface area contributed by atoms with Crippen molar-refractivity contribution in [3.63, 3.8) is 0 Å². The van der Waals surface area contributed by atoms with Crippen molar-refractivity contribution in [2.45, 2.75) is 11.0 Å². The first kappa shape index (κ1) is 11.6. The largest absolute Gasteiger partial charge is 0.405 e. The highest BCUT2D eigenvalue weighted by molar-refractivity contribution is 9.09. The highest BCUT2D eigenvalue weighted by Crippen LogP contribution is 2.46. The molecule has 1 atom stereocenters. The second-order valence-electron chi connectivity index (χ2n) is 2.18. The molecule has 0 saturated carbocycles. The van der Waals surface area contributed by atoms with Gasteiger partial charge in [-0.05, 0) is 6.07 Å². The summed E-state index contributed by atoms with van der Waals surface area (Å²) in [6.45, 7) is 0. The van der Waals surface area contributed by atoms with E-state index < -0.39 is 11.0 Å². The summed E-state index contributed by atoms with van der Waals surface area (Å²) < 4.78 is 36.8. The molecule has 0 N–H and O–H groups in total. The van der Waals surface area contributed by atoms with E-state index in [-0.39, 0.29) is 14.2 Å². The molecule has 74 valence electrons. The third-order valence-corrected chi connectivity index (χ3v) is 3.77. The molecule has 0 bridgehead atoms. The highest BCUT2D eigenvalue weighted by Gasteiger charge is 2.40. The van der Waals surface area contributed by atoms with E-state index >= 15 is 0 Å². The van der Waals surface area contributed by atoms with Gasteiger partial charge in [-0.15, -0.1) is 11.3 Å². The van der Waals surface area contributed by atoms with Crippen LogP contribution in [0.15, 0.2) is 6.07 Å². The van der Waals surface area contributed by atoms with Gasteiger partial charge in [-0.3, -0.25) is 0 Å². The van der Waals surface area contributed by atoms with E-state index in [1.165, 1.54) is 6.07 Å². The number of rotatable bonds is 1. The summed E-state index contributed by atoms with van der Waals surface area (Å²) in [6, 6.07) is 1.21. The predicted molar refractivity (Wildman–Crippen MR) is 52.1 cm³/mol. The third-order valence-electron chi connectivity index (χ3n) is 1.24. The van der Waals surface area contributed by atoms with Crippen LogP contribution in [0.3, 0.4) is 0 Å².